The molecule has 2 rings (SSSR count). The van der Waals surface area contributed by atoms with Crippen molar-refractivity contribution in [2.24, 2.45) is 0 Å². The molecule has 2 aromatic heterocycles. The Labute approximate surface area is 130 Å². The van der Waals surface area contributed by atoms with Crippen LogP contribution < -0.4 is 10.1 Å². The lowest BCUT2D eigenvalue weighted by atomic mass is 10.0. The summed E-state index contributed by atoms with van der Waals surface area (Å²) in [6.07, 6.45) is 4.26. The monoisotopic (exact) mass is 305 g/mol. The predicted molar refractivity (Wildman–Crippen MR) is 85.0 cm³/mol. The molecule has 1 atom stereocenters. The van der Waals surface area contributed by atoms with Crippen molar-refractivity contribution in [2.45, 2.75) is 26.3 Å². The maximum Gasteiger partial charge on any atom is 0.128 e. The molecule has 0 radical (unpaired) electrons. The second-order valence-corrected chi connectivity index (χ2v) is 5.43. The fraction of sp³-hybridized carbons (Fsp3) is 0.375. The Morgan fingerprint density at radius 2 is 2.00 bits per heavy atom. The summed E-state index contributed by atoms with van der Waals surface area (Å²) in [6.45, 7) is 4.04. The zero-order valence-electron chi connectivity index (χ0n) is 12.8. The Kier molecular flexibility index (Phi) is 5.15. The molecule has 0 aliphatic carbocycles. The normalized spacial score (nSPS) is 12.2. The van der Waals surface area contributed by atoms with Crippen LogP contribution in [0.4, 0.5) is 0 Å². The molecule has 4 nitrogen and oxygen atoms in total. The predicted octanol–water partition coefficient (Wildman–Crippen LogP) is 3.26. The van der Waals surface area contributed by atoms with Gasteiger partial charge in [-0.2, -0.15) is 0 Å². The van der Waals surface area contributed by atoms with E-state index in [0.717, 1.165) is 34.7 Å². The molecule has 2 aromatic rings. The van der Waals surface area contributed by atoms with Crippen LogP contribution in [0.15, 0.2) is 24.5 Å². The summed E-state index contributed by atoms with van der Waals surface area (Å²) in [5.74, 6) is 0.902. The highest BCUT2D eigenvalue weighted by Crippen LogP contribution is 2.27. The first-order valence-corrected chi connectivity index (χ1v) is 7.22. The van der Waals surface area contributed by atoms with Crippen molar-refractivity contribution in [3.8, 4) is 5.75 Å². The smallest absolute Gasteiger partial charge is 0.128 e. The number of hydrogen-bond acceptors (Lipinski definition) is 4. The molecule has 0 saturated heterocycles. The minimum absolute atomic E-state index is 0.0841. The Morgan fingerprint density at radius 3 is 2.57 bits per heavy atom. The number of halogens is 1. The molecule has 5 heteroatoms. The van der Waals surface area contributed by atoms with Crippen LogP contribution in [0.1, 0.15) is 28.6 Å². The first-order valence-electron chi connectivity index (χ1n) is 6.84. The van der Waals surface area contributed by atoms with Crippen molar-refractivity contribution < 1.29 is 4.74 Å². The summed E-state index contributed by atoms with van der Waals surface area (Å²) in [4.78, 5) is 8.93. The molecule has 0 amide bonds. The molecule has 0 saturated carbocycles. The van der Waals surface area contributed by atoms with Gasteiger partial charge in [0.05, 0.1) is 23.9 Å². The average Bonchev–Trinajstić information content (AvgIpc) is 2.48. The van der Waals surface area contributed by atoms with Crippen molar-refractivity contribution in [3.05, 3.63) is 52.1 Å². The van der Waals surface area contributed by atoms with Crippen molar-refractivity contribution in [1.29, 1.82) is 0 Å². The fourth-order valence-corrected chi connectivity index (χ4v) is 2.53. The molecular weight excluding hydrogens is 286 g/mol. The van der Waals surface area contributed by atoms with E-state index in [1.807, 2.05) is 39.2 Å². The number of ether oxygens (including phenoxy) is 1. The van der Waals surface area contributed by atoms with E-state index in [4.69, 9.17) is 16.3 Å². The van der Waals surface area contributed by atoms with Gasteiger partial charge in [-0.1, -0.05) is 11.6 Å². The summed E-state index contributed by atoms with van der Waals surface area (Å²) in [6, 6.07) is 3.87. The number of nitrogens with zero attached hydrogens (tertiary/aromatic N) is 2. The molecule has 0 spiro atoms. The maximum absolute atomic E-state index is 5.89. The third-order valence-electron chi connectivity index (χ3n) is 3.60. The van der Waals surface area contributed by atoms with Crippen LogP contribution >= 0.6 is 11.6 Å². The average molecular weight is 306 g/mol. The number of nitrogens with one attached hydrogen (secondary N) is 1. The molecule has 1 N–H and O–H groups in total. The van der Waals surface area contributed by atoms with Crippen molar-refractivity contribution in [2.75, 3.05) is 14.2 Å². The lowest BCUT2D eigenvalue weighted by Gasteiger charge is -2.18. The van der Waals surface area contributed by atoms with Gasteiger partial charge < -0.3 is 10.1 Å². The molecule has 0 aliphatic rings. The van der Waals surface area contributed by atoms with Gasteiger partial charge in [0.25, 0.3) is 0 Å². The van der Waals surface area contributed by atoms with Gasteiger partial charge in [-0.3, -0.25) is 9.97 Å². The first-order chi connectivity index (χ1) is 10.1. The van der Waals surface area contributed by atoms with E-state index in [2.05, 4.69) is 15.3 Å². The summed E-state index contributed by atoms with van der Waals surface area (Å²) in [7, 11) is 3.61. The van der Waals surface area contributed by atoms with E-state index in [9.17, 15) is 0 Å². The Hall–Kier alpha value is -1.65. The Morgan fingerprint density at radius 1 is 1.24 bits per heavy atom. The molecule has 0 bridgehead atoms. The SMILES string of the molecule is CNC(Cc1ncc(C)c(OC)c1C)c1ccc(Cl)cn1. The van der Waals surface area contributed by atoms with Gasteiger partial charge in [0.1, 0.15) is 5.75 Å². The van der Waals surface area contributed by atoms with Crippen LogP contribution in [0.5, 0.6) is 5.75 Å². The standard InChI is InChI=1S/C16H20ClN3O/c1-10-8-19-14(11(2)16(10)21-4)7-15(18-3)13-6-5-12(17)9-20-13/h5-6,8-9,15,18H,7H2,1-4H3. The second-order valence-electron chi connectivity index (χ2n) is 4.99. The number of hydrogen-bond donors (Lipinski definition) is 1. The molecular formula is C16H20ClN3O. The van der Waals surface area contributed by atoms with E-state index in [1.54, 1.807) is 13.3 Å². The number of rotatable bonds is 5. The summed E-state index contributed by atoms with van der Waals surface area (Å²) in [5.41, 5.74) is 4.08. The number of pyridine rings is 2. The lowest BCUT2D eigenvalue weighted by Crippen LogP contribution is -2.21. The van der Waals surface area contributed by atoms with Gasteiger partial charge in [0.2, 0.25) is 0 Å². The number of methoxy groups -OCH3 is 1. The Bertz CT molecular complexity index is 614. The molecule has 21 heavy (non-hydrogen) atoms. The highest BCUT2D eigenvalue weighted by atomic mass is 35.5. The molecule has 112 valence electrons. The van der Waals surface area contributed by atoms with E-state index < -0.39 is 0 Å². The molecule has 0 aromatic carbocycles. The summed E-state index contributed by atoms with van der Waals surface area (Å²) < 4.78 is 5.46. The van der Waals surface area contributed by atoms with Crippen LogP contribution in [0.3, 0.4) is 0 Å². The highest BCUT2D eigenvalue weighted by molar-refractivity contribution is 6.30. The molecule has 0 fully saturated rings. The van der Waals surface area contributed by atoms with Gasteiger partial charge in [-0.05, 0) is 33.0 Å². The number of aromatic nitrogens is 2. The van der Waals surface area contributed by atoms with Gasteiger partial charge >= 0.3 is 0 Å². The lowest BCUT2D eigenvalue weighted by molar-refractivity contribution is 0.406. The third kappa shape index (κ3) is 3.52. The van der Waals surface area contributed by atoms with Crippen LogP contribution in [0, 0.1) is 13.8 Å². The molecule has 1 unspecified atom stereocenters. The van der Waals surface area contributed by atoms with Crippen LogP contribution in [-0.4, -0.2) is 24.1 Å². The highest BCUT2D eigenvalue weighted by Gasteiger charge is 2.16. The summed E-state index contributed by atoms with van der Waals surface area (Å²) in [5, 5.41) is 3.92. The van der Waals surface area contributed by atoms with Gasteiger partial charge in [0, 0.05) is 35.6 Å². The quantitative estimate of drug-likeness (QED) is 0.921. The van der Waals surface area contributed by atoms with Crippen molar-refractivity contribution in [1.82, 2.24) is 15.3 Å². The van der Waals surface area contributed by atoms with Crippen LogP contribution in [0.25, 0.3) is 0 Å². The third-order valence-corrected chi connectivity index (χ3v) is 3.83. The van der Waals surface area contributed by atoms with Gasteiger partial charge in [-0.15, -0.1) is 0 Å². The van der Waals surface area contributed by atoms with E-state index in [-0.39, 0.29) is 6.04 Å². The van der Waals surface area contributed by atoms with Crippen LogP contribution in [0.2, 0.25) is 5.02 Å². The first kappa shape index (κ1) is 15.7. The zero-order chi connectivity index (χ0) is 15.4. The number of likely N-dealkylation sites (N-methyl/N-ethyl adjacent to an activating group) is 1. The van der Waals surface area contributed by atoms with Gasteiger partial charge in [0.15, 0.2) is 0 Å². The molecule has 0 aliphatic heterocycles. The zero-order valence-corrected chi connectivity index (χ0v) is 13.5. The Balaban J connectivity index is 2.29. The van der Waals surface area contributed by atoms with Crippen molar-refractivity contribution in [3.63, 3.8) is 0 Å². The topological polar surface area (TPSA) is 47.0 Å². The minimum Gasteiger partial charge on any atom is -0.496 e. The van der Waals surface area contributed by atoms with Crippen molar-refractivity contribution >= 4 is 11.6 Å². The van der Waals surface area contributed by atoms with Gasteiger partial charge in [-0.25, -0.2) is 0 Å². The van der Waals surface area contributed by atoms with Crippen LogP contribution in [-0.2, 0) is 6.42 Å². The largest absolute Gasteiger partial charge is 0.496 e. The van der Waals surface area contributed by atoms with E-state index in [0.29, 0.717) is 5.02 Å². The maximum atomic E-state index is 5.89. The van der Waals surface area contributed by atoms with E-state index >= 15 is 0 Å². The summed E-state index contributed by atoms with van der Waals surface area (Å²) >= 11 is 5.89. The molecule has 2 heterocycles. The minimum atomic E-state index is 0.0841. The van der Waals surface area contributed by atoms with E-state index in [1.165, 1.54) is 0 Å². The fourth-order valence-electron chi connectivity index (χ4n) is 2.42. The number of aryl methyl sites for hydroxylation is 1. The second kappa shape index (κ2) is 6.87.